The SMILES string of the molecule is CC(CCl)N(C)S(=O)(=O)c1cc(Cl)c(Br)s1. The second-order valence-corrected chi connectivity index (χ2v) is 8.52. The fraction of sp³-hybridized carbons (Fsp3) is 0.500. The van der Waals surface area contributed by atoms with Crippen LogP contribution in [-0.2, 0) is 10.0 Å². The summed E-state index contributed by atoms with van der Waals surface area (Å²) in [4.78, 5) is 0. The Bertz CT molecular complexity index is 455. The Labute approximate surface area is 118 Å². The number of alkyl halides is 1. The van der Waals surface area contributed by atoms with Gasteiger partial charge < -0.3 is 0 Å². The van der Waals surface area contributed by atoms with Gasteiger partial charge in [-0.2, -0.15) is 4.31 Å². The number of rotatable bonds is 4. The number of sulfonamides is 1. The van der Waals surface area contributed by atoms with Gasteiger partial charge in [0.05, 0.1) is 8.81 Å². The van der Waals surface area contributed by atoms with Gasteiger partial charge in [0.2, 0.25) is 0 Å². The minimum absolute atomic E-state index is 0.212. The summed E-state index contributed by atoms with van der Waals surface area (Å²) in [6, 6.07) is 1.18. The van der Waals surface area contributed by atoms with Crippen molar-refractivity contribution in [1.82, 2.24) is 4.31 Å². The maximum Gasteiger partial charge on any atom is 0.252 e. The van der Waals surface area contributed by atoms with Crippen molar-refractivity contribution in [1.29, 1.82) is 0 Å². The van der Waals surface area contributed by atoms with Gasteiger partial charge >= 0.3 is 0 Å². The molecule has 0 radical (unpaired) electrons. The van der Waals surface area contributed by atoms with Crippen LogP contribution < -0.4 is 0 Å². The van der Waals surface area contributed by atoms with Crippen molar-refractivity contribution < 1.29 is 8.42 Å². The molecule has 0 aromatic carbocycles. The monoisotopic (exact) mass is 365 g/mol. The van der Waals surface area contributed by atoms with E-state index in [0.717, 1.165) is 11.3 Å². The Morgan fingerprint density at radius 3 is 2.56 bits per heavy atom. The number of hydrogen-bond donors (Lipinski definition) is 0. The zero-order valence-electron chi connectivity index (χ0n) is 8.58. The summed E-state index contributed by atoms with van der Waals surface area (Å²) in [5, 5.41) is 0.399. The minimum atomic E-state index is -3.50. The predicted octanol–water partition coefficient (Wildman–Crippen LogP) is 3.41. The molecule has 0 N–H and O–H groups in total. The molecule has 16 heavy (non-hydrogen) atoms. The van der Waals surface area contributed by atoms with Gasteiger partial charge in [-0.05, 0) is 28.9 Å². The molecule has 0 saturated heterocycles. The average molecular weight is 367 g/mol. The maximum atomic E-state index is 12.1. The van der Waals surface area contributed by atoms with Crippen LogP contribution in [0.1, 0.15) is 6.92 Å². The lowest BCUT2D eigenvalue weighted by Gasteiger charge is -2.21. The first-order valence-electron chi connectivity index (χ1n) is 4.29. The van der Waals surface area contributed by atoms with E-state index in [9.17, 15) is 8.42 Å². The topological polar surface area (TPSA) is 37.4 Å². The van der Waals surface area contributed by atoms with Crippen molar-refractivity contribution >= 4 is 60.5 Å². The van der Waals surface area contributed by atoms with Crippen molar-refractivity contribution in [3.63, 3.8) is 0 Å². The van der Waals surface area contributed by atoms with Crippen LogP contribution in [0.25, 0.3) is 0 Å². The van der Waals surface area contributed by atoms with Crippen LogP contribution in [0.15, 0.2) is 14.1 Å². The minimum Gasteiger partial charge on any atom is -0.206 e. The summed E-state index contributed by atoms with van der Waals surface area (Å²) in [6.07, 6.45) is 0. The van der Waals surface area contributed by atoms with Gasteiger partial charge in [-0.3, -0.25) is 0 Å². The number of hydrogen-bond acceptors (Lipinski definition) is 3. The molecule has 1 unspecified atom stereocenters. The molecular weight excluding hydrogens is 357 g/mol. The lowest BCUT2D eigenvalue weighted by Crippen LogP contribution is -2.35. The molecule has 8 heteroatoms. The predicted molar refractivity (Wildman–Crippen MR) is 72.2 cm³/mol. The molecule has 1 atom stereocenters. The van der Waals surface area contributed by atoms with E-state index in [4.69, 9.17) is 23.2 Å². The Balaban J connectivity index is 3.11. The number of nitrogens with zero attached hydrogens (tertiary/aromatic N) is 1. The normalized spacial score (nSPS) is 14.4. The fourth-order valence-corrected chi connectivity index (χ4v) is 5.16. The molecule has 0 aliphatic rings. The molecule has 0 amide bonds. The van der Waals surface area contributed by atoms with Gasteiger partial charge in [0.1, 0.15) is 4.21 Å². The lowest BCUT2D eigenvalue weighted by molar-refractivity contribution is 0.415. The Hall–Kier alpha value is 0.670. The molecule has 1 aromatic rings. The van der Waals surface area contributed by atoms with E-state index in [1.165, 1.54) is 17.4 Å². The first-order chi connectivity index (χ1) is 7.30. The summed E-state index contributed by atoms with van der Waals surface area (Å²) in [5.74, 6) is 0.246. The van der Waals surface area contributed by atoms with Gasteiger partial charge in [0.15, 0.2) is 0 Å². The van der Waals surface area contributed by atoms with E-state index >= 15 is 0 Å². The summed E-state index contributed by atoms with van der Waals surface area (Å²) in [7, 11) is -2.00. The van der Waals surface area contributed by atoms with Crippen LogP contribution in [0.4, 0.5) is 0 Å². The van der Waals surface area contributed by atoms with Crippen molar-refractivity contribution in [2.75, 3.05) is 12.9 Å². The molecule has 0 spiro atoms. The third-order valence-electron chi connectivity index (χ3n) is 2.10. The van der Waals surface area contributed by atoms with Crippen molar-refractivity contribution in [3.05, 3.63) is 14.9 Å². The summed E-state index contributed by atoms with van der Waals surface area (Å²) in [5.41, 5.74) is 0. The highest BCUT2D eigenvalue weighted by Crippen LogP contribution is 2.35. The molecular formula is C8H10BrCl2NO2S2. The van der Waals surface area contributed by atoms with E-state index in [1.807, 2.05) is 0 Å². The van der Waals surface area contributed by atoms with Crippen molar-refractivity contribution in [2.24, 2.45) is 0 Å². The van der Waals surface area contributed by atoms with E-state index in [1.54, 1.807) is 6.92 Å². The Morgan fingerprint density at radius 1 is 1.62 bits per heavy atom. The zero-order chi connectivity index (χ0) is 12.5. The number of halogens is 3. The maximum absolute atomic E-state index is 12.1. The van der Waals surface area contributed by atoms with E-state index < -0.39 is 10.0 Å². The van der Waals surface area contributed by atoms with Gasteiger partial charge in [0, 0.05) is 19.0 Å². The molecule has 0 bridgehead atoms. The van der Waals surface area contributed by atoms with Crippen LogP contribution in [0.5, 0.6) is 0 Å². The second-order valence-electron chi connectivity index (χ2n) is 3.21. The Kier molecular flexibility index (Phi) is 5.10. The third kappa shape index (κ3) is 2.91. The fourth-order valence-electron chi connectivity index (χ4n) is 0.930. The zero-order valence-corrected chi connectivity index (χ0v) is 13.3. The van der Waals surface area contributed by atoms with Gasteiger partial charge in [-0.1, -0.05) is 11.6 Å². The highest BCUT2D eigenvalue weighted by atomic mass is 79.9. The number of thiophene rings is 1. The standard InChI is InChI=1S/C8H10BrCl2NO2S2/c1-5(4-10)12(2)16(13,14)7-3-6(11)8(9)15-7/h3,5H,4H2,1-2H3. The summed E-state index contributed by atoms with van der Waals surface area (Å²) >= 11 is 15.7. The molecule has 3 nitrogen and oxygen atoms in total. The van der Waals surface area contributed by atoms with Crippen LogP contribution in [-0.4, -0.2) is 31.7 Å². The second kappa shape index (κ2) is 5.54. The van der Waals surface area contributed by atoms with E-state index in [0.29, 0.717) is 8.81 Å². The largest absolute Gasteiger partial charge is 0.252 e. The molecule has 0 aliphatic heterocycles. The van der Waals surface area contributed by atoms with Crippen molar-refractivity contribution in [2.45, 2.75) is 17.2 Å². The lowest BCUT2D eigenvalue weighted by atomic mass is 10.4. The smallest absolute Gasteiger partial charge is 0.206 e. The van der Waals surface area contributed by atoms with E-state index in [-0.39, 0.29) is 16.1 Å². The molecule has 0 aliphatic carbocycles. The van der Waals surface area contributed by atoms with Gasteiger partial charge in [-0.15, -0.1) is 22.9 Å². The quantitative estimate of drug-likeness (QED) is 0.765. The van der Waals surface area contributed by atoms with E-state index in [2.05, 4.69) is 15.9 Å². The first-order valence-corrected chi connectivity index (χ1v) is 8.25. The average Bonchev–Trinajstić information content (AvgIpc) is 2.57. The molecule has 1 heterocycles. The summed E-state index contributed by atoms with van der Waals surface area (Å²) < 4.78 is 26.3. The highest BCUT2D eigenvalue weighted by Gasteiger charge is 2.27. The van der Waals surface area contributed by atoms with Crippen LogP contribution >= 0.6 is 50.5 Å². The molecule has 1 aromatic heterocycles. The highest BCUT2D eigenvalue weighted by molar-refractivity contribution is 9.11. The van der Waals surface area contributed by atoms with Crippen LogP contribution in [0.2, 0.25) is 5.02 Å². The molecule has 92 valence electrons. The van der Waals surface area contributed by atoms with Crippen LogP contribution in [0, 0.1) is 0 Å². The van der Waals surface area contributed by atoms with Gasteiger partial charge in [-0.25, -0.2) is 8.42 Å². The molecule has 1 rings (SSSR count). The van der Waals surface area contributed by atoms with Gasteiger partial charge in [0.25, 0.3) is 10.0 Å². The Morgan fingerprint density at radius 2 is 2.19 bits per heavy atom. The third-order valence-corrected chi connectivity index (χ3v) is 7.44. The van der Waals surface area contributed by atoms with Crippen molar-refractivity contribution in [3.8, 4) is 0 Å². The summed E-state index contributed by atoms with van der Waals surface area (Å²) in [6.45, 7) is 1.74. The first kappa shape index (κ1) is 14.7. The molecule has 0 fully saturated rings. The molecule has 0 saturated carbocycles. The van der Waals surface area contributed by atoms with Crippen LogP contribution in [0.3, 0.4) is 0 Å².